The summed E-state index contributed by atoms with van der Waals surface area (Å²) in [6.45, 7) is 0. The highest BCUT2D eigenvalue weighted by Crippen LogP contribution is 2.40. The molecule has 3 nitrogen and oxygen atoms in total. The molecule has 0 radical (unpaired) electrons. The Bertz CT molecular complexity index is 3240. The maximum absolute atomic E-state index is 4.68. The Morgan fingerprint density at radius 3 is 1.46 bits per heavy atom. The molecule has 0 aliphatic carbocycles. The van der Waals surface area contributed by atoms with E-state index < -0.39 is 0 Å². The minimum atomic E-state index is 0.973. The summed E-state index contributed by atoms with van der Waals surface area (Å²) in [6.07, 6.45) is 1.86. The van der Waals surface area contributed by atoms with Crippen LogP contribution in [0.3, 0.4) is 0 Å². The highest BCUT2D eigenvalue weighted by molar-refractivity contribution is 6.12. The highest BCUT2D eigenvalue weighted by atomic mass is 15.0. The van der Waals surface area contributed by atoms with E-state index in [0.717, 1.165) is 22.6 Å². The van der Waals surface area contributed by atoms with Crippen LogP contribution in [-0.4, -0.2) is 14.1 Å². The molecular weight excluding hydrogens is 679 g/mol. The van der Waals surface area contributed by atoms with Crippen molar-refractivity contribution in [2.24, 2.45) is 0 Å². The fraction of sp³-hybridized carbons (Fsp3) is 0. The van der Waals surface area contributed by atoms with Gasteiger partial charge in [0.1, 0.15) is 0 Å². The van der Waals surface area contributed by atoms with Crippen molar-refractivity contribution in [2.45, 2.75) is 0 Å². The minimum absolute atomic E-state index is 0.973. The molecule has 262 valence electrons. The fourth-order valence-electron chi connectivity index (χ4n) is 8.61. The van der Waals surface area contributed by atoms with Gasteiger partial charge in [-0.3, -0.25) is 4.98 Å². The van der Waals surface area contributed by atoms with E-state index in [-0.39, 0.29) is 0 Å². The lowest BCUT2D eigenvalue weighted by molar-refractivity contribution is 1.13. The first-order valence-electron chi connectivity index (χ1n) is 19.1. The zero-order valence-corrected chi connectivity index (χ0v) is 30.5. The number of aromatic nitrogens is 3. The van der Waals surface area contributed by atoms with Gasteiger partial charge in [-0.2, -0.15) is 0 Å². The number of rotatable bonds is 6. The van der Waals surface area contributed by atoms with Gasteiger partial charge in [-0.15, -0.1) is 0 Å². The third-order valence-electron chi connectivity index (χ3n) is 11.2. The average molecular weight is 714 g/mol. The van der Waals surface area contributed by atoms with Gasteiger partial charge in [-0.25, -0.2) is 0 Å². The van der Waals surface area contributed by atoms with Crippen molar-refractivity contribution >= 4 is 43.6 Å². The quantitative estimate of drug-likeness (QED) is 0.168. The second kappa shape index (κ2) is 13.1. The van der Waals surface area contributed by atoms with E-state index in [2.05, 4.69) is 208 Å². The van der Waals surface area contributed by atoms with Crippen LogP contribution in [0, 0.1) is 0 Å². The van der Waals surface area contributed by atoms with E-state index in [1.807, 2.05) is 18.3 Å². The number of fused-ring (bicyclic) bond motifs is 6. The summed E-state index contributed by atoms with van der Waals surface area (Å²) < 4.78 is 4.83. The molecule has 0 fully saturated rings. The van der Waals surface area contributed by atoms with E-state index in [1.54, 1.807) is 0 Å². The summed E-state index contributed by atoms with van der Waals surface area (Å²) in [5.74, 6) is 0. The number of pyridine rings is 1. The molecule has 0 N–H and O–H groups in total. The van der Waals surface area contributed by atoms with E-state index >= 15 is 0 Å². The smallest absolute Gasteiger partial charge is 0.0708 e. The van der Waals surface area contributed by atoms with Crippen molar-refractivity contribution in [3.8, 4) is 56.0 Å². The van der Waals surface area contributed by atoms with Gasteiger partial charge in [0, 0.05) is 44.7 Å². The standard InChI is InChI=1S/C53H35N3/c1-2-14-36(15-3-1)37-16-12-17-38(32-37)39-27-29-52-47(33-39)45-22-6-8-25-50(45)55(52)41-18-13-19-42(35-41)56-51-26-9-7-23-46(51)48-34-40(28-30-53(48)56)43-20-4-5-21-44(43)49-24-10-11-31-54-49/h1-35H. The largest absolute Gasteiger partial charge is 0.309 e. The Morgan fingerprint density at radius 2 is 0.786 bits per heavy atom. The Kier molecular flexibility index (Phi) is 7.49. The Morgan fingerprint density at radius 1 is 0.286 bits per heavy atom. The zero-order chi connectivity index (χ0) is 37.0. The van der Waals surface area contributed by atoms with Crippen LogP contribution in [0.15, 0.2) is 212 Å². The fourth-order valence-corrected chi connectivity index (χ4v) is 8.61. The van der Waals surface area contributed by atoms with Crippen molar-refractivity contribution in [1.29, 1.82) is 0 Å². The third-order valence-corrected chi connectivity index (χ3v) is 11.2. The van der Waals surface area contributed by atoms with Crippen molar-refractivity contribution in [3.63, 3.8) is 0 Å². The molecule has 0 spiro atoms. The molecule has 8 aromatic carbocycles. The molecular formula is C53H35N3. The van der Waals surface area contributed by atoms with Gasteiger partial charge in [0.25, 0.3) is 0 Å². The van der Waals surface area contributed by atoms with Gasteiger partial charge < -0.3 is 9.13 Å². The number of nitrogens with zero attached hydrogens (tertiary/aromatic N) is 3. The van der Waals surface area contributed by atoms with Crippen LogP contribution in [0.1, 0.15) is 0 Å². The Hall–Kier alpha value is -7.49. The average Bonchev–Trinajstić information content (AvgIpc) is 3.79. The normalized spacial score (nSPS) is 11.6. The number of hydrogen-bond acceptors (Lipinski definition) is 1. The number of benzene rings is 8. The van der Waals surface area contributed by atoms with Gasteiger partial charge in [0.2, 0.25) is 0 Å². The molecule has 0 atom stereocenters. The maximum Gasteiger partial charge on any atom is 0.0708 e. The molecule has 0 saturated carbocycles. The van der Waals surface area contributed by atoms with Gasteiger partial charge in [0.15, 0.2) is 0 Å². The van der Waals surface area contributed by atoms with E-state index in [0.29, 0.717) is 0 Å². The lowest BCUT2D eigenvalue weighted by Crippen LogP contribution is -1.98. The van der Waals surface area contributed by atoms with E-state index in [1.165, 1.54) is 77.0 Å². The molecule has 0 bridgehead atoms. The maximum atomic E-state index is 4.68. The Labute approximate surface area is 325 Å². The molecule has 56 heavy (non-hydrogen) atoms. The van der Waals surface area contributed by atoms with Crippen molar-refractivity contribution in [2.75, 3.05) is 0 Å². The first kappa shape index (κ1) is 32.0. The van der Waals surface area contributed by atoms with Crippen LogP contribution in [-0.2, 0) is 0 Å². The first-order valence-corrected chi connectivity index (χ1v) is 19.1. The van der Waals surface area contributed by atoms with Gasteiger partial charge in [0.05, 0.1) is 27.8 Å². The topological polar surface area (TPSA) is 22.8 Å². The second-order valence-corrected chi connectivity index (χ2v) is 14.4. The van der Waals surface area contributed by atoms with Gasteiger partial charge in [-0.1, -0.05) is 133 Å². The van der Waals surface area contributed by atoms with Crippen LogP contribution in [0.2, 0.25) is 0 Å². The molecule has 0 aliphatic rings. The van der Waals surface area contributed by atoms with Gasteiger partial charge >= 0.3 is 0 Å². The predicted octanol–water partition coefficient (Wildman–Crippen LogP) is 13.9. The predicted molar refractivity (Wildman–Crippen MR) is 235 cm³/mol. The minimum Gasteiger partial charge on any atom is -0.309 e. The van der Waals surface area contributed by atoms with Crippen molar-refractivity contribution in [1.82, 2.24) is 14.1 Å². The van der Waals surface area contributed by atoms with Crippen molar-refractivity contribution in [3.05, 3.63) is 212 Å². The summed E-state index contributed by atoms with van der Waals surface area (Å²) in [5, 5.41) is 4.93. The lowest BCUT2D eigenvalue weighted by atomic mass is 9.96. The molecule has 3 heteroatoms. The monoisotopic (exact) mass is 713 g/mol. The van der Waals surface area contributed by atoms with E-state index in [4.69, 9.17) is 0 Å². The zero-order valence-electron chi connectivity index (χ0n) is 30.5. The summed E-state index contributed by atoms with van der Waals surface area (Å²) in [6, 6.07) is 74.4. The van der Waals surface area contributed by atoms with Crippen LogP contribution < -0.4 is 0 Å². The molecule has 3 aromatic heterocycles. The molecule has 0 aliphatic heterocycles. The second-order valence-electron chi connectivity index (χ2n) is 14.4. The molecule has 0 unspecified atom stereocenters. The first-order chi connectivity index (χ1) is 27.8. The molecule has 0 saturated heterocycles. The van der Waals surface area contributed by atoms with Crippen LogP contribution in [0.5, 0.6) is 0 Å². The Balaban J connectivity index is 1.05. The molecule has 3 heterocycles. The lowest BCUT2D eigenvalue weighted by Gasteiger charge is -2.13. The third kappa shape index (κ3) is 5.25. The van der Waals surface area contributed by atoms with Crippen molar-refractivity contribution < 1.29 is 0 Å². The summed E-state index contributed by atoms with van der Waals surface area (Å²) in [7, 11) is 0. The van der Waals surface area contributed by atoms with Crippen LogP contribution >= 0.6 is 0 Å². The van der Waals surface area contributed by atoms with Gasteiger partial charge in [-0.05, 0) is 106 Å². The molecule has 11 aromatic rings. The summed E-state index contributed by atoms with van der Waals surface area (Å²) >= 11 is 0. The summed E-state index contributed by atoms with van der Waals surface area (Å²) in [4.78, 5) is 4.68. The summed E-state index contributed by atoms with van der Waals surface area (Å²) in [5.41, 5.74) is 16.3. The highest BCUT2D eigenvalue weighted by Gasteiger charge is 2.18. The number of hydrogen-bond donors (Lipinski definition) is 0. The molecule has 0 amide bonds. The molecule has 11 rings (SSSR count). The SMILES string of the molecule is c1ccc(-c2cccc(-c3ccc4c(c3)c3ccccc3n4-c3cccc(-n4c5ccccc5c5cc(-c6ccccc6-c6ccccn6)ccc54)c3)c2)cc1. The van der Waals surface area contributed by atoms with Crippen LogP contribution in [0.25, 0.3) is 99.6 Å². The van der Waals surface area contributed by atoms with E-state index in [9.17, 15) is 0 Å². The van der Waals surface area contributed by atoms with Crippen LogP contribution in [0.4, 0.5) is 0 Å². The number of para-hydroxylation sites is 2.